The molecule has 0 aromatic carbocycles. The average Bonchev–Trinajstić information content (AvgIpc) is 2.54. The summed E-state index contributed by atoms with van der Waals surface area (Å²) >= 11 is 0. The molecule has 2 heterocycles. The third-order valence-electron chi connectivity index (χ3n) is 3.73. The van der Waals surface area contributed by atoms with E-state index >= 15 is 0 Å². The highest BCUT2D eigenvalue weighted by atomic mass is 16.4. The van der Waals surface area contributed by atoms with E-state index in [2.05, 4.69) is 4.98 Å². The molecule has 0 aliphatic rings. The van der Waals surface area contributed by atoms with E-state index < -0.39 is 29.7 Å². The molecule has 2 aromatic heterocycles. The Morgan fingerprint density at radius 1 is 1.25 bits per heavy atom. The maximum Gasteiger partial charge on any atom is 0.332 e. The van der Waals surface area contributed by atoms with E-state index in [0.717, 1.165) is 9.47 Å². The number of rotatable bonds is 4. The van der Waals surface area contributed by atoms with Gasteiger partial charge in [0, 0.05) is 26.3 Å². The summed E-state index contributed by atoms with van der Waals surface area (Å²) in [4.78, 5) is 52.8. The highest BCUT2D eigenvalue weighted by Gasteiger charge is 2.22. The van der Waals surface area contributed by atoms with E-state index in [4.69, 9.17) is 5.11 Å². The van der Waals surface area contributed by atoms with Crippen molar-refractivity contribution in [3.8, 4) is 0 Å². The molecule has 0 fully saturated rings. The second-order valence-corrected chi connectivity index (χ2v) is 5.72. The van der Waals surface area contributed by atoms with Crippen molar-refractivity contribution in [2.75, 3.05) is 6.54 Å². The van der Waals surface area contributed by atoms with Crippen LogP contribution in [0.1, 0.15) is 24.2 Å². The Labute approximate surface area is 136 Å². The summed E-state index contributed by atoms with van der Waals surface area (Å²) in [5.41, 5.74) is -0.833. The summed E-state index contributed by atoms with van der Waals surface area (Å²) in [5.74, 6) is -1.68. The van der Waals surface area contributed by atoms with Gasteiger partial charge in [-0.25, -0.2) is 9.78 Å². The summed E-state index contributed by atoms with van der Waals surface area (Å²) in [6, 6.07) is 0.996. The number of carboxylic acid groups (broad SMARTS) is 1. The number of amides is 1. The normalized spacial score (nSPS) is 11.0. The van der Waals surface area contributed by atoms with Crippen LogP contribution in [0.15, 0.2) is 21.9 Å². The largest absolute Gasteiger partial charge is 0.480 e. The van der Waals surface area contributed by atoms with Crippen LogP contribution in [0.25, 0.3) is 11.0 Å². The number of hydrogen-bond donors (Lipinski definition) is 1. The molecule has 2 rings (SSSR count). The van der Waals surface area contributed by atoms with Gasteiger partial charge in [0.25, 0.3) is 11.5 Å². The van der Waals surface area contributed by atoms with Gasteiger partial charge in [-0.2, -0.15) is 0 Å². The summed E-state index contributed by atoms with van der Waals surface area (Å²) in [7, 11) is 2.81. The maximum absolute atomic E-state index is 12.6. The van der Waals surface area contributed by atoms with Gasteiger partial charge in [0.05, 0.1) is 10.9 Å². The third kappa shape index (κ3) is 2.92. The summed E-state index contributed by atoms with van der Waals surface area (Å²) in [5, 5.41) is 9.06. The Morgan fingerprint density at radius 2 is 1.88 bits per heavy atom. The maximum atomic E-state index is 12.6. The van der Waals surface area contributed by atoms with Gasteiger partial charge < -0.3 is 10.0 Å². The molecule has 9 nitrogen and oxygen atoms in total. The lowest BCUT2D eigenvalue weighted by molar-refractivity contribution is -0.138. The molecule has 0 atom stereocenters. The first-order valence-electron chi connectivity index (χ1n) is 7.23. The van der Waals surface area contributed by atoms with Gasteiger partial charge in [-0.3, -0.25) is 23.5 Å². The molecule has 0 aliphatic carbocycles. The number of carboxylic acids is 1. The number of carbonyl (C=O) groups excluding carboxylic acids is 1. The van der Waals surface area contributed by atoms with Crippen LogP contribution in [0, 0.1) is 0 Å². The molecule has 0 radical (unpaired) electrons. The topological polar surface area (TPSA) is 114 Å². The predicted molar refractivity (Wildman–Crippen MR) is 86.0 cm³/mol. The van der Waals surface area contributed by atoms with Crippen LogP contribution in [0.4, 0.5) is 0 Å². The summed E-state index contributed by atoms with van der Waals surface area (Å²) in [6.07, 6.45) is 1.24. The monoisotopic (exact) mass is 334 g/mol. The molecule has 2 aromatic rings. The minimum absolute atomic E-state index is 0.0909. The smallest absolute Gasteiger partial charge is 0.332 e. The van der Waals surface area contributed by atoms with Gasteiger partial charge in [0.15, 0.2) is 0 Å². The first-order valence-corrected chi connectivity index (χ1v) is 7.23. The molecule has 0 bridgehead atoms. The molecule has 0 saturated heterocycles. The molecule has 0 spiro atoms. The minimum atomic E-state index is -1.14. The number of fused-ring (bicyclic) bond motifs is 1. The fraction of sp³-hybridized carbons (Fsp3) is 0.400. The van der Waals surface area contributed by atoms with Crippen molar-refractivity contribution in [2.45, 2.75) is 19.9 Å². The highest BCUT2D eigenvalue weighted by molar-refractivity contribution is 5.98. The zero-order valence-corrected chi connectivity index (χ0v) is 13.8. The summed E-state index contributed by atoms with van der Waals surface area (Å²) in [6.45, 7) is 2.93. The number of aliphatic carboxylic acids is 1. The van der Waals surface area contributed by atoms with Crippen molar-refractivity contribution in [3.05, 3.63) is 38.7 Å². The SMILES string of the molecule is CC(C)N(CC(=O)O)C(=O)c1cnc2c(c1)c(=O)n(C)c(=O)n2C. The Bertz CT molecular complexity index is 941. The lowest BCUT2D eigenvalue weighted by Gasteiger charge is -2.24. The third-order valence-corrected chi connectivity index (χ3v) is 3.73. The van der Waals surface area contributed by atoms with Gasteiger partial charge in [-0.05, 0) is 19.9 Å². The number of nitrogens with zero attached hydrogens (tertiary/aromatic N) is 4. The number of hydrogen-bond acceptors (Lipinski definition) is 5. The van der Waals surface area contributed by atoms with E-state index in [0.29, 0.717) is 0 Å². The van der Waals surface area contributed by atoms with Crippen LogP contribution < -0.4 is 11.2 Å². The van der Waals surface area contributed by atoms with Crippen molar-refractivity contribution in [3.63, 3.8) is 0 Å². The van der Waals surface area contributed by atoms with Crippen LogP contribution in [0.5, 0.6) is 0 Å². The van der Waals surface area contributed by atoms with Gasteiger partial charge in [0.1, 0.15) is 12.2 Å². The first kappa shape index (κ1) is 17.4. The minimum Gasteiger partial charge on any atom is -0.480 e. The van der Waals surface area contributed by atoms with Crippen molar-refractivity contribution < 1.29 is 14.7 Å². The molecule has 0 saturated carbocycles. The molecule has 24 heavy (non-hydrogen) atoms. The van der Waals surface area contributed by atoms with Gasteiger partial charge >= 0.3 is 11.7 Å². The molecule has 0 aliphatic heterocycles. The first-order chi connectivity index (χ1) is 11.1. The number of aromatic nitrogens is 3. The van der Waals surface area contributed by atoms with Gasteiger partial charge in [-0.1, -0.05) is 0 Å². The predicted octanol–water partition coefficient (Wildman–Crippen LogP) is -0.433. The van der Waals surface area contributed by atoms with Crippen molar-refractivity contribution in [1.82, 2.24) is 19.0 Å². The Balaban J connectivity index is 2.62. The average molecular weight is 334 g/mol. The van der Waals surface area contributed by atoms with Crippen LogP contribution in [0.2, 0.25) is 0 Å². The quantitative estimate of drug-likeness (QED) is 0.811. The molecule has 1 amide bonds. The number of carbonyl (C=O) groups is 2. The molecular weight excluding hydrogens is 316 g/mol. The van der Waals surface area contributed by atoms with Crippen LogP contribution >= 0.6 is 0 Å². The molecule has 0 unspecified atom stereocenters. The summed E-state index contributed by atoms with van der Waals surface area (Å²) < 4.78 is 2.14. The lowest BCUT2D eigenvalue weighted by Crippen LogP contribution is -2.41. The van der Waals surface area contributed by atoms with Crippen molar-refractivity contribution >= 4 is 22.9 Å². The Morgan fingerprint density at radius 3 is 2.42 bits per heavy atom. The van der Waals surface area contributed by atoms with Crippen molar-refractivity contribution in [2.24, 2.45) is 14.1 Å². The molecule has 1 N–H and O–H groups in total. The standard InChI is InChI=1S/C15H18N4O5/c1-8(2)19(7-11(20)21)13(22)9-5-10-12(16-6-9)17(3)15(24)18(4)14(10)23/h5-6,8H,7H2,1-4H3,(H,20,21). The highest BCUT2D eigenvalue weighted by Crippen LogP contribution is 2.12. The van der Waals surface area contributed by atoms with Crippen molar-refractivity contribution in [1.29, 1.82) is 0 Å². The van der Waals surface area contributed by atoms with E-state index in [1.165, 1.54) is 30.9 Å². The fourth-order valence-electron chi connectivity index (χ4n) is 2.38. The zero-order chi connectivity index (χ0) is 18.2. The van der Waals surface area contributed by atoms with Gasteiger partial charge in [-0.15, -0.1) is 0 Å². The van der Waals surface area contributed by atoms with E-state index in [1.54, 1.807) is 13.8 Å². The molecule has 9 heteroatoms. The van der Waals surface area contributed by atoms with Crippen LogP contribution in [-0.4, -0.2) is 48.6 Å². The zero-order valence-electron chi connectivity index (χ0n) is 13.8. The lowest BCUT2D eigenvalue weighted by atomic mass is 10.2. The number of aryl methyl sites for hydroxylation is 1. The second kappa shape index (κ2) is 6.26. The van der Waals surface area contributed by atoms with E-state index in [9.17, 15) is 19.2 Å². The molecular formula is C15H18N4O5. The fourth-order valence-corrected chi connectivity index (χ4v) is 2.38. The van der Waals surface area contributed by atoms with Crippen LogP contribution in [0.3, 0.4) is 0 Å². The van der Waals surface area contributed by atoms with Gasteiger partial charge in [0.2, 0.25) is 0 Å². The molecule has 128 valence electrons. The van der Waals surface area contributed by atoms with E-state index in [-0.39, 0.29) is 22.6 Å². The van der Waals surface area contributed by atoms with E-state index in [1.807, 2.05) is 0 Å². The Hall–Kier alpha value is -2.97. The second-order valence-electron chi connectivity index (χ2n) is 5.72. The number of pyridine rings is 1. The Kier molecular flexibility index (Phi) is 4.54. The van der Waals surface area contributed by atoms with Crippen LogP contribution in [-0.2, 0) is 18.9 Å².